The van der Waals surface area contributed by atoms with Crippen molar-refractivity contribution in [2.24, 2.45) is 0 Å². The predicted octanol–water partition coefficient (Wildman–Crippen LogP) is -5.25. The van der Waals surface area contributed by atoms with Crippen molar-refractivity contribution < 1.29 is 54.8 Å². The zero-order valence-electron chi connectivity index (χ0n) is 14.0. The molecular weight excluding hydrogens is 358 g/mol. The van der Waals surface area contributed by atoms with Crippen molar-refractivity contribution in [3.8, 4) is 0 Å². The highest BCUT2D eigenvalue weighted by atomic mass is 16.7. The Bertz CT molecular complexity index is 480. The molecule has 0 aliphatic carbocycles. The quantitative estimate of drug-likeness (QED) is 0.226. The molecule has 2 saturated heterocycles. The van der Waals surface area contributed by atoms with Gasteiger partial charge in [0.1, 0.15) is 48.8 Å². The summed E-state index contributed by atoms with van der Waals surface area (Å²) in [5.74, 6) is -0.581. The third-order valence-electron chi connectivity index (χ3n) is 4.38. The summed E-state index contributed by atoms with van der Waals surface area (Å²) in [6.07, 6.45) is -13.7. The first-order chi connectivity index (χ1) is 12.2. The second-order valence-corrected chi connectivity index (χ2v) is 6.26. The van der Waals surface area contributed by atoms with Crippen molar-refractivity contribution in [3.63, 3.8) is 0 Å². The average molecular weight is 383 g/mol. The molecule has 0 aromatic rings. The van der Waals surface area contributed by atoms with E-state index in [0.29, 0.717) is 0 Å². The molecule has 1 amide bonds. The van der Waals surface area contributed by atoms with E-state index in [0.717, 1.165) is 6.92 Å². The van der Waals surface area contributed by atoms with Crippen LogP contribution in [-0.2, 0) is 19.0 Å². The second-order valence-electron chi connectivity index (χ2n) is 6.26. The fraction of sp³-hybridized carbons (Fsp3) is 0.929. The van der Waals surface area contributed by atoms with Gasteiger partial charge in [0.25, 0.3) is 0 Å². The van der Waals surface area contributed by atoms with E-state index in [4.69, 9.17) is 19.3 Å². The zero-order valence-corrected chi connectivity index (χ0v) is 14.0. The van der Waals surface area contributed by atoms with Gasteiger partial charge in [-0.2, -0.15) is 0 Å². The highest BCUT2D eigenvalue weighted by Crippen LogP contribution is 2.28. The second kappa shape index (κ2) is 8.84. The lowest BCUT2D eigenvalue weighted by Crippen LogP contribution is -2.67. The van der Waals surface area contributed by atoms with Crippen LogP contribution < -0.4 is 5.32 Å². The van der Waals surface area contributed by atoms with Crippen LogP contribution in [0.4, 0.5) is 0 Å². The molecule has 8 N–H and O–H groups in total. The van der Waals surface area contributed by atoms with Crippen LogP contribution in [0.5, 0.6) is 0 Å². The Kier molecular flexibility index (Phi) is 7.27. The number of hydrogen-bond acceptors (Lipinski definition) is 11. The summed E-state index contributed by atoms with van der Waals surface area (Å²) in [5.41, 5.74) is 0. The SMILES string of the molecule is CC(=O)N[C@H]1[C@@H](O[C@@H]2[C@@H](O)[C@H](O)[C@@H](CO)O[C@@H]2O)O[C@H](CO)[C@@H](O)[C@@H]1O. The summed E-state index contributed by atoms with van der Waals surface area (Å²) in [7, 11) is 0. The molecule has 0 bridgehead atoms. The van der Waals surface area contributed by atoms with E-state index in [1.807, 2.05) is 0 Å². The van der Waals surface area contributed by atoms with Crippen LogP contribution in [0.15, 0.2) is 0 Å². The molecule has 12 heteroatoms. The summed E-state index contributed by atoms with van der Waals surface area (Å²) in [4.78, 5) is 11.4. The first-order valence-electron chi connectivity index (χ1n) is 8.06. The number of aliphatic hydroxyl groups excluding tert-OH is 7. The van der Waals surface area contributed by atoms with Gasteiger partial charge in [0, 0.05) is 6.92 Å². The molecule has 10 atom stereocenters. The fourth-order valence-electron chi connectivity index (χ4n) is 2.96. The van der Waals surface area contributed by atoms with Crippen molar-refractivity contribution in [3.05, 3.63) is 0 Å². The van der Waals surface area contributed by atoms with E-state index in [-0.39, 0.29) is 0 Å². The van der Waals surface area contributed by atoms with Crippen LogP contribution in [0, 0.1) is 0 Å². The molecule has 26 heavy (non-hydrogen) atoms. The van der Waals surface area contributed by atoms with Gasteiger partial charge in [-0.25, -0.2) is 0 Å². The van der Waals surface area contributed by atoms with Crippen LogP contribution in [0.1, 0.15) is 6.92 Å². The lowest BCUT2D eigenvalue weighted by atomic mass is 9.96. The van der Waals surface area contributed by atoms with Crippen LogP contribution in [0.3, 0.4) is 0 Å². The minimum absolute atomic E-state index is 0.581. The Morgan fingerprint density at radius 3 is 2.00 bits per heavy atom. The van der Waals surface area contributed by atoms with Crippen LogP contribution in [0.2, 0.25) is 0 Å². The summed E-state index contributed by atoms with van der Waals surface area (Å²) in [6.45, 7) is -0.183. The molecule has 0 saturated carbocycles. The van der Waals surface area contributed by atoms with E-state index in [1.54, 1.807) is 0 Å². The van der Waals surface area contributed by atoms with Gasteiger partial charge in [-0.1, -0.05) is 0 Å². The number of nitrogens with one attached hydrogen (secondary N) is 1. The van der Waals surface area contributed by atoms with Crippen molar-refractivity contribution in [1.82, 2.24) is 5.32 Å². The molecule has 2 rings (SSSR count). The molecule has 0 aromatic heterocycles. The van der Waals surface area contributed by atoms with Crippen LogP contribution in [-0.4, -0.2) is 116 Å². The van der Waals surface area contributed by atoms with Gasteiger partial charge in [-0.05, 0) is 0 Å². The smallest absolute Gasteiger partial charge is 0.217 e. The number of amides is 1. The zero-order chi connectivity index (χ0) is 19.6. The third-order valence-corrected chi connectivity index (χ3v) is 4.38. The highest BCUT2D eigenvalue weighted by molar-refractivity contribution is 5.73. The maximum Gasteiger partial charge on any atom is 0.217 e. The van der Waals surface area contributed by atoms with Crippen molar-refractivity contribution in [2.75, 3.05) is 13.2 Å². The lowest BCUT2D eigenvalue weighted by molar-refractivity contribution is -0.348. The summed E-state index contributed by atoms with van der Waals surface area (Å²) in [6, 6.07) is -1.29. The largest absolute Gasteiger partial charge is 0.394 e. The molecule has 0 radical (unpaired) electrons. The maximum atomic E-state index is 11.4. The number of carbonyl (C=O) groups excluding carboxylic acids is 1. The molecule has 2 fully saturated rings. The molecule has 2 aliphatic rings. The molecule has 2 aliphatic heterocycles. The van der Waals surface area contributed by atoms with Gasteiger partial charge >= 0.3 is 0 Å². The van der Waals surface area contributed by atoms with Gasteiger partial charge in [-0.3, -0.25) is 4.79 Å². The topological polar surface area (TPSA) is 198 Å². The Labute approximate surface area is 148 Å². The molecule has 0 unspecified atom stereocenters. The van der Waals surface area contributed by atoms with E-state index in [1.165, 1.54) is 0 Å². The lowest BCUT2D eigenvalue weighted by Gasteiger charge is -2.46. The number of carbonyl (C=O) groups is 1. The Morgan fingerprint density at radius 1 is 0.923 bits per heavy atom. The minimum atomic E-state index is -1.76. The number of rotatable bonds is 5. The third kappa shape index (κ3) is 4.31. The molecule has 0 aromatic carbocycles. The highest BCUT2D eigenvalue weighted by Gasteiger charge is 2.50. The summed E-state index contributed by atoms with van der Waals surface area (Å²) < 4.78 is 15.7. The molecule has 152 valence electrons. The van der Waals surface area contributed by atoms with Gasteiger partial charge < -0.3 is 55.3 Å². The monoisotopic (exact) mass is 383 g/mol. The maximum absolute atomic E-state index is 11.4. The van der Waals surface area contributed by atoms with Crippen molar-refractivity contribution in [2.45, 2.75) is 68.3 Å². The molecule has 12 nitrogen and oxygen atoms in total. The Morgan fingerprint density at radius 2 is 1.46 bits per heavy atom. The average Bonchev–Trinajstić information content (AvgIpc) is 2.60. The van der Waals surface area contributed by atoms with Gasteiger partial charge in [0.05, 0.1) is 13.2 Å². The Hall–Kier alpha value is -0.930. The first-order valence-corrected chi connectivity index (χ1v) is 8.06. The van der Waals surface area contributed by atoms with Gasteiger partial charge in [-0.15, -0.1) is 0 Å². The van der Waals surface area contributed by atoms with E-state index in [2.05, 4.69) is 5.32 Å². The molecular formula is C14H25NO11. The normalized spacial score (nSPS) is 46.8. The standard InChI is InChI=1S/C14H25NO11/c1-4(18)15-7-10(21)8(19)6(3-17)25-14(7)26-12-11(22)9(20)5(2-16)24-13(12)23/h5-14,16-17,19-23H,2-3H2,1H3,(H,15,18)/t5-,6-,7-,8-,9-,10-,11+,12-,13+,14-/m1/s1. The summed E-state index contributed by atoms with van der Waals surface area (Å²) in [5, 5.41) is 70.7. The predicted molar refractivity (Wildman–Crippen MR) is 80.2 cm³/mol. The minimum Gasteiger partial charge on any atom is -0.394 e. The van der Waals surface area contributed by atoms with Gasteiger partial charge in [0.2, 0.25) is 5.91 Å². The number of hydrogen-bond donors (Lipinski definition) is 8. The van der Waals surface area contributed by atoms with Crippen molar-refractivity contribution in [1.29, 1.82) is 0 Å². The van der Waals surface area contributed by atoms with E-state index >= 15 is 0 Å². The van der Waals surface area contributed by atoms with E-state index in [9.17, 15) is 35.4 Å². The Balaban J connectivity index is 2.18. The number of aliphatic hydroxyl groups is 7. The van der Waals surface area contributed by atoms with E-state index < -0.39 is 80.5 Å². The fourth-order valence-corrected chi connectivity index (χ4v) is 2.96. The molecule has 0 spiro atoms. The molecule has 2 heterocycles. The van der Waals surface area contributed by atoms with Crippen LogP contribution in [0.25, 0.3) is 0 Å². The van der Waals surface area contributed by atoms with Crippen molar-refractivity contribution >= 4 is 5.91 Å². The van der Waals surface area contributed by atoms with Gasteiger partial charge in [0.15, 0.2) is 12.6 Å². The summed E-state index contributed by atoms with van der Waals surface area (Å²) >= 11 is 0. The van der Waals surface area contributed by atoms with Crippen LogP contribution >= 0.6 is 0 Å². The first kappa shape index (κ1) is 21.4. The number of ether oxygens (including phenoxy) is 3.